The minimum absolute atomic E-state index is 0.126. The highest BCUT2D eigenvalue weighted by atomic mass is 16.1. The van der Waals surface area contributed by atoms with Gasteiger partial charge in [0.05, 0.1) is 5.56 Å². The molecule has 1 aromatic heterocycles. The van der Waals surface area contributed by atoms with Crippen molar-refractivity contribution in [2.45, 2.75) is 19.3 Å². The molecule has 0 aliphatic carbocycles. The number of aromatic nitrogens is 1. The van der Waals surface area contributed by atoms with Crippen LogP contribution in [0.5, 0.6) is 0 Å². The molecule has 1 fully saturated rings. The SMILES string of the molecule is CN1CCC(CCNC(=O)c2cnccc2N)CC1. The number of likely N-dealkylation sites (tertiary alicyclic amines) is 1. The van der Waals surface area contributed by atoms with Crippen LogP contribution in [-0.2, 0) is 0 Å². The molecule has 104 valence electrons. The lowest BCUT2D eigenvalue weighted by atomic mass is 9.94. The van der Waals surface area contributed by atoms with Gasteiger partial charge in [-0.05, 0) is 51.4 Å². The summed E-state index contributed by atoms with van der Waals surface area (Å²) in [7, 11) is 2.16. The number of nitrogens with zero attached hydrogens (tertiary/aromatic N) is 2. The maximum absolute atomic E-state index is 11.9. The summed E-state index contributed by atoms with van der Waals surface area (Å²) in [4.78, 5) is 18.2. The highest BCUT2D eigenvalue weighted by molar-refractivity contribution is 5.98. The molecule has 5 heteroatoms. The van der Waals surface area contributed by atoms with Crippen molar-refractivity contribution in [2.24, 2.45) is 5.92 Å². The first kappa shape index (κ1) is 13.8. The summed E-state index contributed by atoms with van der Waals surface area (Å²) >= 11 is 0. The van der Waals surface area contributed by atoms with Crippen molar-refractivity contribution in [3.05, 3.63) is 24.0 Å². The van der Waals surface area contributed by atoms with Crippen LogP contribution in [0.2, 0.25) is 0 Å². The normalized spacial score (nSPS) is 17.3. The molecular weight excluding hydrogens is 240 g/mol. The van der Waals surface area contributed by atoms with Crippen molar-refractivity contribution < 1.29 is 4.79 Å². The van der Waals surface area contributed by atoms with Crippen LogP contribution in [0.4, 0.5) is 5.69 Å². The predicted molar refractivity (Wildman–Crippen MR) is 75.8 cm³/mol. The van der Waals surface area contributed by atoms with Gasteiger partial charge in [0.15, 0.2) is 0 Å². The van der Waals surface area contributed by atoms with Crippen LogP contribution in [0.1, 0.15) is 29.6 Å². The molecule has 0 aromatic carbocycles. The maximum Gasteiger partial charge on any atom is 0.254 e. The van der Waals surface area contributed by atoms with Crippen LogP contribution in [0.25, 0.3) is 0 Å². The van der Waals surface area contributed by atoms with Gasteiger partial charge in [-0.1, -0.05) is 0 Å². The Morgan fingerprint density at radius 3 is 2.95 bits per heavy atom. The summed E-state index contributed by atoms with van der Waals surface area (Å²) in [5.74, 6) is 0.598. The number of anilines is 1. The topological polar surface area (TPSA) is 71.2 Å². The fourth-order valence-corrected chi connectivity index (χ4v) is 2.43. The van der Waals surface area contributed by atoms with Gasteiger partial charge in [-0.2, -0.15) is 0 Å². The van der Waals surface area contributed by atoms with Gasteiger partial charge in [0.25, 0.3) is 5.91 Å². The summed E-state index contributed by atoms with van der Waals surface area (Å²) in [6.07, 6.45) is 6.59. The average molecular weight is 262 g/mol. The molecule has 5 nitrogen and oxygen atoms in total. The zero-order chi connectivity index (χ0) is 13.7. The third-order valence-corrected chi connectivity index (χ3v) is 3.78. The van der Waals surface area contributed by atoms with Gasteiger partial charge in [0, 0.05) is 24.6 Å². The number of hydrogen-bond donors (Lipinski definition) is 2. The van der Waals surface area contributed by atoms with Crippen LogP contribution in [0.3, 0.4) is 0 Å². The Bertz CT molecular complexity index is 427. The fourth-order valence-electron chi connectivity index (χ4n) is 2.43. The molecule has 0 spiro atoms. The first-order chi connectivity index (χ1) is 9.16. The lowest BCUT2D eigenvalue weighted by molar-refractivity contribution is 0.0949. The third-order valence-electron chi connectivity index (χ3n) is 3.78. The van der Waals surface area contributed by atoms with Gasteiger partial charge in [-0.25, -0.2) is 0 Å². The average Bonchev–Trinajstić information content (AvgIpc) is 2.41. The van der Waals surface area contributed by atoms with Crippen molar-refractivity contribution in [3.63, 3.8) is 0 Å². The van der Waals surface area contributed by atoms with E-state index in [4.69, 9.17) is 5.73 Å². The summed E-state index contributed by atoms with van der Waals surface area (Å²) < 4.78 is 0. The number of pyridine rings is 1. The number of carbonyl (C=O) groups excluding carboxylic acids is 1. The van der Waals surface area contributed by atoms with E-state index in [0.717, 1.165) is 25.4 Å². The van der Waals surface area contributed by atoms with Crippen LogP contribution in [0, 0.1) is 5.92 Å². The molecule has 2 rings (SSSR count). The van der Waals surface area contributed by atoms with Gasteiger partial charge >= 0.3 is 0 Å². The van der Waals surface area contributed by atoms with E-state index < -0.39 is 0 Å². The highest BCUT2D eigenvalue weighted by Gasteiger charge is 2.16. The van der Waals surface area contributed by atoms with Crippen molar-refractivity contribution in [1.82, 2.24) is 15.2 Å². The molecule has 1 saturated heterocycles. The van der Waals surface area contributed by atoms with Gasteiger partial charge < -0.3 is 16.0 Å². The lowest BCUT2D eigenvalue weighted by Crippen LogP contribution is -2.32. The Morgan fingerprint density at radius 1 is 1.53 bits per heavy atom. The number of hydrogen-bond acceptors (Lipinski definition) is 4. The molecule has 1 aromatic rings. The number of amides is 1. The van der Waals surface area contributed by atoms with Gasteiger partial charge in [0.1, 0.15) is 0 Å². The molecule has 0 radical (unpaired) electrons. The van der Waals surface area contributed by atoms with Crippen molar-refractivity contribution in [3.8, 4) is 0 Å². The van der Waals surface area contributed by atoms with Crippen LogP contribution >= 0.6 is 0 Å². The van der Waals surface area contributed by atoms with E-state index >= 15 is 0 Å². The Labute approximate surface area is 114 Å². The zero-order valence-corrected chi connectivity index (χ0v) is 11.4. The number of nitrogens with two attached hydrogens (primary N) is 1. The summed E-state index contributed by atoms with van der Waals surface area (Å²) in [5.41, 5.74) is 6.69. The Kier molecular flexibility index (Phi) is 4.74. The second kappa shape index (κ2) is 6.52. The molecule has 3 N–H and O–H groups in total. The van der Waals surface area contributed by atoms with E-state index in [2.05, 4.69) is 22.2 Å². The molecule has 0 atom stereocenters. The van der Waals surface area contributed by atoms with Crippen molar-refractivity contribution in [2.75, 3.05) is 32.4 Å². The van der Waals surface area contributed by atoms with Gasteiger partial charge in [-0.15, -0.1) is 0 Å². The second-order valence-electron chi connectivity index (χ2n) is 5.25. The number of carbonyl (C=O) groups is 1. The largest absolute Gasteiger partial charge is 0.398 e. The summed E-state index contributed by atoms with van der Waals surface area (Å²) in [6.45, 7) is 3.03. The number of piperidine rings is 1. The summed E-state index contributed by atoms with van der Waals surface area (Å²) in [6, 6.07) is 1.64. The third kappa shape index (κ3) is 3.92. The fraction of sp³-hybridized carbons (Fsp3) is 0.571. The quantitative estimate of drug-likeness (QED) is 0.853. The minimum Gasteiger partial charge on any atom is -0.398 e. The number of nitrogen functional groups attached to an aromatic ring is 1. The maximum atomic E-state index is 11.9. The van der Waals surface area contributed by atoms with Crippen LogP contribution in [-0.4, -0.2) is 42.5 Å². The van der Waals surface area contributed by atoms with E-state index in [1.807, 2.05) is 0 Å². The van der Waals surface area contributed by atoms with Crippen molar-refractivity contribution in [1.29, 1.82) is 0 Å². The molecule has 1 aliphatic heterocycles. The molecule has 1 amide bonds. The molecule has 19 heavy (non-hydrogen) atoms. The van der Waals surface area contributed by atoms with Crippen molar-refractivity contribution >= 4 is 11.6 Å². The monoisotopic (exact) mass is 262 g/mol. The highest BCUT2D eigenvalue weighted by Crippen LogP contribution is 2.18. The number of rotatable bonds is 4. The van der Waals surface area contributed by atoms with Gasteiger partial charge in [0.2, 0.25) is 0 Å². The Hall–Kier alpha value is -1.62. The van der Waals surface area contributed by atoms with E-state index in [1.165, 1.54) is 19.0 Å². The molecule has 1 aliphatic rings. The van der Waals surface area contributed by atoms with E-state index in [1.54, 1.807) is 12.3 Å². The van der Waals surface area contributed by atoms with Gasteiger partial charge in [-0.3, -0.25) is 9.78 Å². The van der Waals surface area contributed by atoms with Crippen LogP contribution in [0.15, 0.2) is 18.5 Å². The van der Waals surface area contributed by atoms with E-state index in [-0.39, 0.29) is 5.91 Å². The molecule has 0 saturated carbocycles. The number of nitrogens with one attached hydrogen (secondary N) is 1. The molecular formula is C14H22N4O. The lowest BCUT2D eigenvalue weighted by Gasteiger charge is -2.28. The second-order valence-corrected chi connectivity index (χ2v) is 5.25. The Balaban J connectivity index is 1.74. The molecule has 2 heterocycles. The zero-order valence-electron chi connectivity index (χ0n) is 11.4. The first-order valence-corrected chi connectivity index (χ1v) is 6.83. The Morgan fingerprint density at radius 2 is 2.26 bits per heavy atom. The predicted octanol–water partition coefficient (Wildman–Crippen LogP) is 1.13. The van der Waals surface area contributed by atoms with Crippen LogP contribution < -0.4 is 11.1 Å². The first-order valence-electron chi connectivity index (χ1n) is 6.83. The summed E-state index contributed by atoms with van der Waals surface area (Å²) in [5, 5.41) is 2.93. The van der Waals surface area contributed by atoms with E-state index in [0.29, 0.717) is 17.8 Å². The standard InChI is InChI=1S/C14H22N4O/c1-18-8-4-11(5-9-18)2-7-17-14(19)12-10-16-6-3-13(12)15/h3,6,10-11H,2,4-5,7-9H2,1H3,(H2,15,16)(H,17,19). The molecule has 0 unspecified atom stereocenters. The molecule has 0 bridgehead atoms. The smallest absolute Gasteiger partial charge is 0.254 e. The van der Waals surface area contributed by atoms with E-state index in [9.17, 15) is 4.79 Å². The minimum atomic E-state index is -0.126.